The Morgan fingerprint density at radius 3 is 1.20 bits per heavy atom. The van der Waals surface area contributed by atoms with Crippen molar-refractivity contribution in [3.63, 3.8) is 0 Å². The van der Waals surface area contributed by atoms with Crippen LogP contribution in [0.2, 0.25) is 0 Å². The van der Waals surface area contributed by atoms with E-state index < -0.39 is 12.3 Å². The van der Waals surface area contributed by atoms with Crippen LogP contribution in [0.5, 0.6) is 0 Å². The van der Waals surface area contributed by atoms with Gasteiger partial charge in [0.25, 0.3) is 0 Å². The van der Waals surface area contributed by atoms with Gasteiger partial charge in [0.1, 0.15) is 6.17 Å². The molecule has 0 saturated carbocycles. The van der Waals surface area contributed by atoms with Gasteiger partial charge in [-0.1, -0.05) is 207 Å². The molecule has 1 unspecified atom stereocenters. The van der Waals surface area contributed by atoms with E-state index in [4.69, 9.17) is 4.74 Å². The average molecular weight is 633 g/mol. The lowest BCUT2D eigenvalue weighted by Gasteiger charge is -2.27. The monoisotopic (exact) mass is 633 g/mol. The second kappa shape index (κ2) is 36.9. The lowest BCUT2D eigenvalue weighted by molar-refractivity contribution is 0.114. The van der Waals surface area contributed by atoms with E-state index in [0.29, 0.717) is 13.0 Å². The van der Waals surface area contributed by atoms with Crippen molar-refractivity contribution < 1.29 is 14.3 Å². The molecule has 45 heavy (non-hydrogen) atoms. The van der Waals surface area contributed by atoms with Crippen molar-refractivity contribution in [2.24, 2.45) is 4.99 Å². The quantitative estimate of drug-likeness (QED) is 0.0299. The number of ether oxygens (including phenoxy) is 1. The van der Waals surface area contributed by atoms with E-state index >= 15 is 0 Å². The maximum absolute atomic E-state index is 12.7. The van der Waals surface area contributed by atoms with E-state index in [2.05, 4.69) is 25.4 Å². The fourth-order valence-electron chi connectivity index (χ4n) is 6.38. The summed E-state index contributed by atoms with van der Waals surface area (Å²) in [6.45, 7) is 8.65. The molecular weight excluding hydrogens is 556 g/mol. The Morgan fingerprint density at radius 2 is 0.889 bits per heavy atom. The number of isocyanates is 1. The maximum atomic E-state index is 12.7. The molecule has 5 heteroatoms. The van der Waals surface area contributed by atoms with E-state index in [1.807, 2.05) is 0 Å². The number of unbranched alkanes of at least 4 members (excludes halogenated alkanes) is 29. The first-order valence-corrected chi connectivity index (χ1v) is 19.9. The Balaban J connectivity index is 3.98. The molecule has 0 aliphatic rings. The van der Waals surface area contributed by atoms with E-state index in [9.17, 15) is 9.59 Å². The number of rotatable bonds is 36. The molecule has 0 saturated heterocycles. The van der Waals surface area contributed by atoms with Gasteiger partial charge in [0.2, 0.25) is 6.08 Å². The van der Waals surface area contributed by atoms with E-state index in [1.165, 1.54) is 173 Å². The number of aliphatic imine (C=N–C) groups is 1. The van der Waals surface area contributed by atoms with Gasteiger partial charge in [0, 0.05) is 6.54 Å². The zero-order valence-electron chi connectivity index (χ0n) is 30.3. The van der Waals surface area contributed by atoms with Crippen molar-refractivity contribution >= 4 is 12.2 Å². The van der Waals surface area contributed by atoms with Crippen LogP contribution in [0.1, 0.15) is 219 Å². The summed E-state index contributed by atoms with van der Waals surface area (Å²) in [5, 5.41) is 0. The highest BCUT2D eigenvalue weighted by Gasteiger charge is 2.23. The van der Waals surface area contributed by atoms with Crippen LogP contribution in [0, 0.1) is 0 Å². The number of amides is 1. The van der Waals surface area contributed by atoms with Crippen molar-refractivity contribution in [2.45, 2.75) is 225 Å². The third-order valence-corrected chi connectivity index (χ3v) is 9.30. The summed E-state index contributed by atoms with van der Waals surface area (Å²) in [4.78, 5) is 29.5. The topological polar surface area (TPSA) is 59.0 Å². The summed E-state index contributed by atoms with van der Waals surface area (Å²) in [7, 11) is 0. The number of carbonyl (C=O) groups excluding carboxylic acids is 2. The molecule has 264 valence electrons. The molecule has 5 nitrogen and oxygen atoms in total. The average Bonchev–Trinajstić information content (AvgIpc) is 3.04. The molecular formula is C40H76N2O3. The van der Waals surface area contributed by atoms with Crippen LogP contribution in [-0.2, 0) is 9.53 Å². The molecule has 0 radical (unpaired) electrons. The number of hydrogen-bond donors (Lipinski definition) is 0. The largest absolute Gasteiger partial charge is 0.419 e. The third kappa shape index (κ3) is 30.8. The highest BCUT2D eigenvalue weighted by Crippen LogP contribution is 2.18. The predicted octanol–water partition coefficient (Wildman–Crippen LogP) is 13.8. The summed E-state index contributed by atoms with van der Waals surface area (Å²) < 4.78 is 5.10. The highest BCUT2D eigenvalue weighted by molar-refractivity contribution is 5.68. The Morgan fingerprint density at radius 1 is 0.578 bits per heavy atom. The van der Waals surface area contributed by atoms with Crippen LogP contribution in [0.3, 0.4) is 0 Å². The molecule has 1 atom stereocenters. The first-order chi connectivity index (χ1) is 22.2. The summed E-state index contributed by atoms with van der Waals surface area (Å²) in [5.41, 5.74) is 0. The zero-order valence-corrected chi connectivity index (χ0v) is 30.3. The van der Waals surface area contributed by atoms with Gasteiger partial charge in [-0.15, -0.1) is 0 Å². The normalized spacial score (nSPS) is 11.7. The lowest BCUT2D eigenvalue weighted by Crippen LogP contribution is -2.39. The van der Waals surface area contributed by atoms with Gasteiger partial charge in [-0.05, 0) is 19.3 Å². The fourth-order valence-corrected chi connectivity index (χ4v) is 6.38. The smallest absolute Gasteiger partial charge is 0.416 e. The third-order valence-electron chi connectivity index (χ3n) is 9.30. The van der Waals surface area contributed by atoms with E-state index in [1.54, 1.807) is 11.0 Å². The zero-order chi connectivity index (χ0) is 32.9. The minimum Gasteiger partial charge on any atom is -0.419 e. The molecule has 0 heterocycles. The molecule has 0 aromatic heterocycles. The molecule has 0 aromatic rings. The molecule has 1 amide bonds. The van der Waals surface area contributed by atoms with Crippen LogP contribution in [0.15, 0.2) is 17.8 Å². The SMILES string of the molecule is C=COC(=O)N(CCCCCCCCCCCCCCCCCC)C(CCCCCCCCCCCCCCCCC)N=C=O. The minimum absolute atomic E-state index is 0.462. The van der Waals surface area contributed by atoms with Gasteiger partial charge in [-0.2, -0.15) is 4.99 Å². The van der Waals surface area contributed by atoms with Gasteiger partial charge >= 0.3 is 6.09 Å². The predicted molar refractivity (Wildman–Crippen MR) is 194 cm³/mol. The van der Waals surface area contributed by atoms with Crippen LogP contribution < -0.4 is 0 Å². The van der Waals surface area contributed by atoms with Crippen molar-refractivity contribution in [1.29, 1.82) is 0 Å². The first-order valence-electron chi connectivity index (χ1n) is 19.9. The second-order valence-corrected chi connectivity index (χ2v) is 13.5. The molecule has 0 aliphatic carbocycles. The molecule has 0 fully saturated rings. The molecule has 0 N–H and O–H groups in total. The summed E-state index contributed by atoms with van der Waals surface area (Å²) in [6.07, 6.45) is 43.3. The van der Waals surface area contributed by atoms with Crippen LogP contribution in [0.4, 0.5) is 4.79 Å². The maximum Gasteiger partial charge on any atom is 0.416 e. The molecule has 0 spiro atoms. The summed E-state index contributed by atoms with van der Waals surface area (Å²) in [5.74, 6) is 0. The van der Waals surface area contributed by atoms with Crippen molar-refractivity contribution in [3.05, 3.63) is 12.8 Å². The molecule has 0 aromatic carbocycles. The van der Waals surface area contributed by atoms with Crippen LogP contribution >= 0.6 is 0 Å². The Kier molecular flexibility index (Phi) is 35.5. The Bertz CT molecular complexity index is 676. The van der Waals surface area contributed by atoms with Gasteiger partial charge in [-0.3, -0.25) is 4.90 Å². The summed E-state index contributed by atoms with van der Waals surface area (Å²) in [6, 6.07) is 0. The molecule has 0 bridgehead atoms. The fraction of sp³-hybridized carbons (Fsp3) is 0.900. The Labute approximate surface area is 280 Å². The molecule has 0 aliphatic heterocycles. The number of hydrogen-bond acceptors (Lipinski definition) is 4. The van der Waals surface area contributed by atoms with E-state index in [0.717, 1.165) is 31.9 Å². The standard InChI is InChI=1S/C40H76N2O3/c1-4-7-9-11-13-15-17-19-21-23-25-27-29-31-33-35-37-42(40(44)45-6-3)39(41-38-43)36-34-32-30-28-26-24-22-20-18-16-14-12-10-8-5-2/h6,39H,3-5,7-37H2,1-2H3. The minimum atomic E-state index is -0.492. The second-order valence-electron chi connectivity index (χ2n) is 13.5. The van der Waals surface area contributed by atoms with Crippen molar-refractivity contribution in [1.82, 2.24) is 4.90 Å². The van der Waals surface area contributed by atoms with Gasteiger partial charge in [-0.25, -0.2) is 9.59 Å². The van der Waals surface area contributed by atoms with Gasteiger partial charge in [0.05, 0.1) is 6.26 Å². The Hall–Kier alpha value is -1.61. The highest BCUT2D eigenvalue weighted by atomic mass is 16.5. The van der Waals surface area contributed by atoms with Crippen molar-refractivity contribution in [2.75, 3.05) is 6.54 Å². The van der Waals surface area contributed by atoms with Crippen LogP contribution in [0.25, 0.3) is 0 Å². The van der Waals surface area contributed by atoms with Gasteiger partial charge in [0.15, 0.2) is 0 Å². The summed E-state index contributed by atoms with van der Waals surface area (Å²) >= 11 is 0. The number of nitrogens with zero attached hydrogens (tertiary/aromatic N) is 2. The van der Waals surface area contributed by atoms with E-state index in [-0.39, 0.29) is 0 Å². The van der Waals surface area contributed by atoms with Gasteiger partial charge < -0.3 is 4.74 Å². The lowest BCUT2D eigenvalue weighted by atomic mass is 10.0. The van der Waals surface area contributed by atoms with Crippen LogP contribution in [-0.4, -0.2) is 29.8 Å². The van der Waals surface area contributed by atoms with Crippen molar-refractivity contribution in [3.8, 4) is 0 Å². The number of carbonyl (C=O) groups is 1. The molecule has 0 rings (SSSR count). The first kappa shape index (κ1) is 43.4.